The Bertz CT molecular complexity index is 74.9. The third-order valence-electron chi connectivity index (χ3n) is 0.443. The van der Waals surface area contributed by atoms with E-state index in [1.807, 2.05) is 5.29 Å². The molecule has 0 unspecified atom stereocenters. The van der Waals surface area contributed by atoms with Crippen LogP contribution < -0.4 is 5.43 Å². The predicted molar refractivity (Wildman–Crippen MR) is 29.3 cm³/mol. The molecular weight excluding hydrogens is 110 g/mol. The first-order chi connectivity index (χ1) is 3.66. The van der Waals surface area contributed by atoms with Crippen LogP contribution in [0.4, 0.5) is 0 Å². The maximum atomic E-state index is 9.95. The molecule has 0 saturated heterocycles. The summed E-state index contributed by atoms with van der Waals surface area (Å²) >= 11 is 0. The van der Waals surface area contributed by atoms with Crippen molar-refractivity contribution in [2.75, 3.05) is 0 Å². The Morgan fingerprint density at radius 2 is 2.25 bits per heavy atom. The van der Waals surface area contributed by atoms with Crippen LogP contribution in [0.25, 0.3) is 0 Å². The van der Waals surface area contributed by atoms with Crippen molar-refractivity contribution in [3.05, 3.63) is 10.1 Å². The van der Waals surface area contributed by atoms with Crippen molar-refractivity contribution in [3.8, 4) is 0 Å². The first-order valence-corrected chi connectivity index (χ1v) is 2.23. The van der Waals surface area contributed by atoms with Gasteiger partial charge in [0.05, 0.1) is 5.29 Å². The van der Waals surface area contributed by atoms with Crippen LogP contribution in [0, 0.1) is 10.1 Å². The van der Waals surface area contributed by atoms with Crippen LogP contribution in [0.1, 0.15) is 13.8 Å². The highest BCUT2D eigenvalue weighted by Crippen LogP contribution is 1.80. The molecule has 0 aromatic heterocycles. The molecule has 5 nitrogen and oxygen atoms in total. The molecule has 1 N–H and O–H groups in total. The van der Waals surface area contributed by atoms with Gasteiger partial charge in [-0.2, -0.15) is 0 Å². The molecule has 0 saturated carbocycles. The molecule has 0 aromatic rings. The van der Waals surface area contributed by atoms with Crippen LogP contribution in [-0.4, -0.2) is 11.3 Å². The molecule has 0 aliphatic rings. The maximum absolute atomic E-state index is 9.95. The number of rotatable bonds is 3. The third-order valence-corrected chi connectivity index (χ3v) is 0.443. The summed E-state index contributed by atoms with van der Waals surface area (Å²) in [7, 11) is 0. The summed E-state index contributed by atoms with van der Waals surface area (Å²) in [6.07, 6.45) is 0. The number of nitroso groups, excluding NO2 is 1. The molecule has 0 atom stereocenters. The Hall–Kier alpha value is -0.680. The fraction of sp³-hybridized carbons (Fsp3) is 1.00. The SMILES string of the molecule is CC(C)NN([O-])N=O. The Kier molecular flexibility index (Phi) is 3.05. The first-order valence-electron chi connectivity index (χ1n) is 2.23. The number of hydrogen-bond donors (Lipinski definition) is 1. The summed E-state index contributed by atoms with van der Waals surface area (Å²) < 4.78 is 0. The molecule has 0 spiro atoms. The minimum atomic E-state index is -0.106. The summed E-state index contributed by atoms with van der Waals surface area (Å²) in [4.78, 5) is 9.34. The monoisotopic (exact) mass is 118 g/mol. The molecule has 0 fully saturated rings. The molecule has 8 heavy (non-hydrogen) atoms. The van der Waals surface area contributed by atoms with Crippen LogP contribution in [0.15, 0.2) is 5.29 Å². The van der Waals surface area contributed by atoms with E-state index in [9.17, 15) is 10.1 Å². The van der Waals surface area contributed by atoms with Crippen molar-refractivity contribution in [1.29, 1.82) is 0 Å². The molecule has 0 bridgehead atoms. The van der Waals surface area contributed by atoms with Gasteiger partial charge in [0.15, 0.2) is 0 Å². The largest absolute Gasteiger partial charge is 0.724 e. The van der Waals surface area contributed by atoms with Crippen molar-refractivity contribution >= 4 is 0 Å². The second-order valence-corrected chi connectivity index (χ2v) is 1.64. The summed E-state index contributed by atoms with van der Waals surface area (Å²) in [5, 5.41) is 11.9. The second-order valence-electron chi connectivity index (χ2n) is 1.64. The normalized spacial score (nSPS) is 9.50. The molecule has 48 valence electrons. The van der Waals surface area contributed by atoms with Crippen molar-refractivity contribution in [2.45, 2.75) is 19.9 Å². The standard InChI is InChI=1S/C3H8N3O2/c1-3(2)4-6(8)5-7/h3-4H,1-2H3/q-1. The van der Waals surface area contributed by atoms with Gasteiger partial charge in [-0.25, -0.2) is 5.43 Å². The van der Waals surface area contributed by atoms with Crippen LogP contribution in [0.2, 0.25) is 0 Å². The van der Waals surface area contributed by atoms with Gasteiger partial charge >= 0.3 is 0 Å². The van der Waals surface area contributed by atoms with Gasteiger partial charge in [0, 0.05) is 6.04 Å². The lowest BCUT2D eigenvalue weighted by Crippen LogP contribution is -2.33. The average molecular weight is 118 g/mol. The van der Waals surface area contributed by atoms with Crippen LogP contribution in [-0.2, 0) is 0 Å². The Labute approximate surface area is 47.2 Å². The maximum Gasteiger partial charge on any atom is 0.0577 e. The zero-order chi connectivity index (χ0) is 6.57. The first kappa shape index (κ1) is 7.32. The average Bonchev–Trinajstić information content (AvgIpc) is 1.65. The Balaban J connectivity index is 3.23. The fourth-order valence-electron chi connectivity index (χ4n) is 0.244. The lowest BCUT2D eigenvalue weighted by molar-refractivity contribution is 0.251. The van der Waals surface area contributed by atoms with E-state index in [-0.39, 0.29) is 11.3 Å². The molecule has 0 heterocycles. The topological polar surface area (TPSA) is 67.8 Å². The highest BCUT2D eigenvalue weighted by atomic mass is 16.6. The van der Waals surface area contributed by atoms with Gasteiger partial charge in [0.25, 0.3) is 0 Å². The van der Waals surface area contributed by atoms with E-state index < -0.39 is 0 Å². The van der Waals surface area contributed by atoms with Gasteiger partial charge in [0.2, 0.25) is 0 Å². The number of hydrazine groups is 1. The summed E-state index contributed by atoms with van der Waals surface area (Å²) in [5.41, 5.74) is 2.19. The molecular formula is C3H8N3O2-. The van der Waals surface area contributed by atoms with Crippen molar-refractivity contribution in [3.63, 3.8) is 0 Å². The van der Waals surface area contributed by atoms with E-state index in [2.05, 4.69) is 5.43 Å². The van der Waals surface area contributed by atoms with Gasteiger partial charge in [-0.3, -0.25) is 5.28 Å². The van der Waals surface area contributed by atoms with Gasteiger partial charge in [-0.05, 0) is 13.8 Å². The van der Waals surface area contributed by atoms with Crippen molar-refractivity contribution < 1.29 is 0 Å². The molecule has 0 aliphatic carbocycles. The Morgan fingerprint density at radius 3 is 2.38 bits per heavy atom. The smallest absolute Gasteiger partial charge is 0.0577 e. The van der Waals surface area contributed by atoms with E-state index in [0.717, 1.165) is 0 Å². The van der Waals surface area contributed by atoms with Gasteiger partial charge in [-0.1, -0.05) is 0 Å². The Morgan fingerprint density at radius 1 is 1.75 bits per heavy atom. The van der Waals surface area contributed by atoms with Gasteiger partial charge < -0.3 is 5.21 Å². The zero-order valence-corrected chi connectivity index (χ0v) is 4.79. The second kappa shape index (κ2) is 3.34. The minimum absolute atomic E-state index is 0.0507. The fourth-order valence-corrected chi connectivity index (χ4v) is 0.244. The molecule has 5 heteroatoms. The van der Waals surface area contributed by atoms with Crippen LogP contribution in [0.5, 0.6) is 0 Å². The quantitative estimate of drug-likeness (QED) is 0.429. The van der Waals surface area contributed by atoms with Crippen molar-refractivity contribution in [2.24, 2.45) is 5.29 Å². The summed E-state index contributed by atoms with van der Waals surface area (Å²) in [5.74, 6) is 0. The molecule has 0 radical (unpaired) electrons. The number of hydrogen-bond acceptors (Lipinski definition) is 4. The van der Waals surface area contributed by atoms with Gasteiger partial charge in [-0.15, -0.1) is 4.91 Å². The summed E-state index contributed by atoms with van der Waals surface area (Å²) in [6, 6.07) is -0.0507. The summed E-state index contributed by atoms with van der Waals surface area (Å²) in [6.45, 7) is 3.46. The van der Waals surface area contributed by atoms with E-state index in [1.165, 1.54) is 0 Å². The van der Waals surface area contributed by atoms with Crippen molar-refractivity contribution in [1.82, 2.24) is 10.7 Å². The predicted octanol–water partition coefficient (Wildman–Crippen LogP) is 0.381. The van der Waals surface area contributed by atoms with Gasteiger partial charge in [0.1, 0.15) is 0 Å². The molecule has 0 rings (SSSR count). The van der Waals surface area contributed by atoms with E-state index in [4.69, 9.17) is 0 Å². The van der Waals surface area contributed by atoms with E-state index in [0.29, 0.717) is 0 Å². The lowest BCUT2D eigenvalue weighted by atomic mass is 10.4. The van der Waals surface area contributed by atoms with E-state index in [1.54, 1.807) is 13.8 Å². The highest BCUT2D eigenvalue weighted by molar-refractivity contribution is 4.47. The highest BCUT2D eigenvalue weighted by Gasteiger charge is 1.89. The lowest BCUT2D eigenvalue weighted by Gasteiger charge is -2.22. The zero-order valence-electron chi connectivity index (χ0n) is 4.79. The number of nitrogens with one attached hydrogen (secondary N) is 1. The van der Waals surface area contributed by atoms with Crippen LogP contribution >= 0.6 is 0 Å². The molecule has 0 aliphatic heterocycles. The third kappa shape index (κ3) is 3.51. The van der Waals surface area contributed by atoms with E-state index >= 15 is 0 Å². The molecule has 0 amide bonds. The number of nitrogens with zero attached hydrogens (tertiary/aromatic N) is 2. The molecule has 0 aromatic carbocycles. The van der Waals surface area contributed by atoms with Crippen LogP contribution in [0.3, 0.4) is 0 Å². The minimum Gasteiger partial charge on any atom is -0.724 e.